The first-order valence-corrected chi connectivity index (χ1v) is 11.6. The van der Waals surface area contributed by atoms with Gasteiger partial charge in [-0.25, -0.2) is 0 Å². The van der Waals surface area contributed by atoms with Crippen molar-refractivity contribution in [3.8, 4) is 0 Å². The first-order chi connectivity index (χ1) is 9.46. The molecule has 0 aliphatic heterocycles. The average Bonchev–Trinajstić information content (AvgIpc) is 2.32. The normalized spacial score (nSPS) is 22.0. The Balaban J connectivity index is 2.42. The zero-order valence-corrected chi connectivity index (χ0v) is 17.1. The molecule has 1 nitrogen and oxygen atoms in total. The highest BCUT2D eigenvalue weighted by molar-refractivity contribution is 9.10. The summed E-state index contributed by atoms with van der Waals surface area (Å²) in [5, 5.41) is 0.251. The fourth-order valence-corrected chi connectivity index (χ4v) is 4.80. The van der Waals surface area contributed by atoms with Crippen LogP contribution in [0, 0.1) is 0 Å². The van der Waals surface area contributed by atoms with Crippen molar-refractivity contribution in [2.24, 2.45) is 0 Å². The van der Waals surface area contributed by atoms with Crippen molar-refractivity contribution in [3.05, 3.63) is 33.8 Å². The van der Waals surface area contributed by atoms with Crippen molar-refractivity contribution in [3.63, 3.8) is 0 Å². The van der Waals surface area contributed by atoms with Crippen LogP contribution in [0.1, 0.15) is 64.7 Å². The first-order valence-electron chi connectivity index (χ1n) is 7.92. The van der Waals surface area contributed by atoms with Crippen LogP contribution in [0.15, 0.2) is 22.7 Å². The number of hydrogen-bond donors (Lipinski definition) is 0. The second-order valence-electron chi connectivity index (χ2n) is 8.49. The molecule has 0 amide bonds. The van der Waals surface area contributed by atoms with Gasteiger partial charge >= 0.3 is 0 Å². The van der Waals surface area contributed by atoms with Gasteiger partial charge < -0.3 is 4.43 Å². The third kappa shape index (κ3) is 3.30. The minimum Gasteiger partial charge on any atom is -0.410 e. The monoisotopic (exact) mass is 368 g/mol. The summed E-state index contributed by atoms with van der Waals surface area (Å²) in [5.74, 6) is 0. The van der Waals surface area contributed by atoms with Crippen LogP contribution in [0.3, 0.4) is 0 Å². The van der Waals surface area contributed by atoms with E-state index < -0.39 is 8.32 Å². The molecule has 21 heavy (non-hydrogen) atoms. The van der Waals surface area contributed by atoms with Gasteiger partial charge in [0, 0.05) is 4.47 Å². The van der Waals surface area contributed by atoms with Gasteiger partial charge in [0.1, 0.15) is 0 Å². The molecule has 1 aromatic carbocycles. The van der Waals surface area contributed by atoms with Gasteiger partial charge in [0.25, 0.3) is 0 Å². The van der Waals surface area contributed by atoms with Gasteiger partial charge in [-0.05, 0) is 53.6 Å². The Kier molecular flexibility index (Phi) is 4.52. The van der Waals surface area contributed by atoms with Crippen LogP contribution < -0.4 is 0 Å². The summed E-state index contributed by atoms with van der Waals surface area (Å²) in [6, 6.07) is 6.59. The van der Waals surface area contributed by atoms with E-state index in [0.29, 0.717) is 0 Å². The number of halogens is 1. The molecule has 0 fully saturated rings. The molecule has 3 heteroatoms. The lowest BCUT2D eigenvalue weighted by Crippen LogP contribution is -2.43. The first kappa shape index (κ1) is 17.2. The maximum absolute atomic E-state index is 6.75. The molecule has 0 heterocycles. The summed E-state index contributed by atoms with van der Waals surface area (Å²) in [5.41, 5.74) is 3.08. The second-order valence-corrected chi connectivity index (χ2v) is 14.1. The lowest BCUT2D eigenvalue weighted by atomic mass is 9.72. The maximum Gasteiger partial charge on any atom is 0.192 e. The smallest absolute Gasteiger partial charge is 0.192 e. The van der Waals surface area contributed by atoms with Crippen LogP contribution in [0.2, 0.25) is 18.1 Å². The van der Waals surface area contributed by atoms with Crippen molar-refractivity contribution in [1.29, 1.82) is 0 Å². The van der Waals surface area contributed by atoms with Crippen molar-refractivity contribution in [2.45, 2.75) is 77.1 Å². The molecule has 0 aromatic heterocycles. The van der Waals surface area contributed by atoms with E-state index in [1.165, 1.54) is 22.0 Å². The summed E-state index contributed by atoms with van der Waals surface area (Å²) in [6.07, 6.45) is 2.55. The minimum atomic E-state index is -1.75. The SMILES string of the molecule is CC1(C)CCC(O[Si](C)(C)C(C)(C)C)c2c(Br)cccc21. The van der Waals surface area contributed by atoms with Crippen molar-refractivity contribution >= 4 is 24.2 Å². The van der Waals surface area contributed by atoms with Crippen LogP contribution in [0.25, 0.3) is 0 Å². The van der Waals surface area contributed by atoms with Crippen LogP contribution in [0.4, 0.5) is 0 Å². The highest BCUT2D eigenvalue weighted by Crippen LogP contribution is 2.49. The molecule has 1 aromatic rings. The van der Waals surface area contributed by atoms with E-state index in [-0.39, 0.29) is 16.6 Å². The van der Waals surface area contributed by atoms with Crippen molar-refractivity contribution < 1.29 is 4.43 Å². The molecule has 1 atom stereocenters. The molecule has 0 bridgehead atoms. The largest absolute Gasteiger partial charge is 0.410 e. The zero-order valence-electron chi connectivity index (χ0n) is 14.5. The standard InChI is InChI=1S/C18H29BrOSi/c1-17(2,3)21(6,7)20-15-11-12-18(4,5)13-9-8-10-14(19)16(13)15/h8-10,15H,11-12H2,1-7H3. The van der Waals surface area contributed by atoms with E-state index in [1.54, 1.807) is 0 Å². The van der Waals surface area contributed by atoms with Gasteiger partial charge in [0.2, 0.25) is 0 Å². The quantitative estimate of drug-likeness (QED) is 0.535. The zero-order chi connectivity index (χ0) is 16.1. The van der Waals surface area contributed by atoms with Crippen LogP contribution in [-0.4, -0.2) is 8.32 Å². The summed E-state index contributed by atoms with van der Waals surface area (Å²) >= 11 is 3.77. The molecule has 0 spiro atoms. The molecule has 0 saturated carbocycles. The van der Waals surface area contributed by atoms with Gasteiger partial charge in [0.05, 0.1) is 6.10 Å². The molecule has 2 rings (SSSR count). The fourth-order valence-electron chi connectivity index (χ4n) is 2.88. The number of benzene rings is 1. The molecule has 1 aliphatic rings. The van der Waals surface area contributed by atoms with E-state index in [4.69, 9.17) is 4.43 Å². The molecule has 0 saturated heterocycles. The highest BCUT2D eigenvalue weighted by atomic mass is 79.9. The van der Waals surface area contributed by atoms with Gasteiger partial charge in [-0.1, -0.05) is 62.7 Å². The Hall–Kier alpha value is -0.123. The van der Waals surface area contributed by atoms with E-state index in [9.17, 15) is 0 Å². The molecule has 1 aliphatic carbocycles. The second kappa shape index (κ2) is 5.50. The summed E-state index contributed by atoms with van der Waals surface area (Å²) in [7, 11) is -1.75. The lowest BCUT2D eigenvalue weighted by molar-refractivity contribution is 0.146. The lowest BCUT2D eigenvalue weighted by Gasteiger charge is -2.44. The third-order valence-corrected chi connectivity index (χ3v) is 10.6. The van der Waals surface area contributed by atoms with Crippen LogP contribution in [-0.2, 0) is 9.84 Å². The summed E-state index contributed by atoms with van der Waals surface area (Å²) in [6.45, 7) is 16.3. The molecule has 118 valence electrons. The van der Waals surface area contributed by atoms with Crippen molar-refractivity contribution in [1.82, 2.24) is 0 Å². The number of fused-ring (bicyclic) bond motifs is 1. The van der Waals surface area contributed by atoms with E-state index in [0.717, 1.165) is 6.42 Å². The summed E-state index contributed by atoms with van der Waals surface area (Å²) < 4.78 is 7.96. The van der Waals surface area contributed by atoms with Gasteiger partial charge in [-0.15, -0.1) is 0 Å². The Bertz CT molecular complexity index is 529. The predicted octanol–water partition coefficient (Wildman–Crippen LogP) is 6.58. The number of rotatable bonds is 2. The average molecular weight is 369 g/mol. The summed E-state index contributed by atoms with van der Waals surface area (Å²) in [4.78, 5) is 0. The Morgan fingerprint density at radius 2 is 1.86 bits per heavy atom. The number of hydrogen-bond acceptors (Lipinski definition) is 1. The Morgan fingerprint density at radius 1 is 1.24 bits per heavy atom. The molecular formula is C18H29BrOSi. The highest BCUT2D eigenvalue weighted by Gasteiger charge is 2.42. The van der Waals surface area contributed by atoms with Gasteiger partial charge in [-0.3, -0.25) is 0 Å². The fraction of sp³-hybridized carbons (Fsp3) is 0.667. The third-order valence-electron chi connectivity index (χ3n) is 5.38. The van der Waals surface area contributed by atoms with Crippen molar-refractivity contribution in [2.75, 3.05) is 0 Å². The van der Waals surface area contributed by atoms with Gasteiger partial charge in [-0.2, -0.15) is 0 Å². The predicted molar refractivity (Wildman–Crippen MR) is 97.4 cm³/mol. The molecular weight excluding hydrogens is 340 g/mol. The molecule has 0 N–H and O–H groups in total. The Morgan fingerprint density at radius 3 is 2.43 bits per heavy atom. The van der Waals surface area contributed by atoms with Crippen LogP contribution in [0.5, 0.6) is 0 Å². The van der Waals surface area contributed by atoms with E-state index >= 15 is 0 Å². The van der Waals surface area contributed by atoms with E-state index in [2.05, 4.69) is 81.8 Å². The maximum atomic E-state index is 6.75. The van der Waals surface area contributed by atoms with E-state index in [1.807, 2.05) is 0 Å². The molecule has 0 radical (unpaired) electrons. The Labute approximate surface area is 139 Å². The van der Waals surface area contributed by atoms with Crippen LogP contribution >= 0.6 is 15.9 Å². The minimum absolute atomic E-state index is 0.240. The molecule has 1 unspecified atom stereocenters. The topological polar surface area (TPSA) is 9.23 Å². The van der Waals surface area contributed by atoms with Gasteiger partial charge in [0.15, 0.2) is 8.32 Å².